The molecular weight excluding hydrogens is 314 g/mol. The van der Waals surface area contributed by atoms with Crippen LogP contribution in [0.15, 0.2) is 42.5 Å². The van der Waals surface area contributed by atoms with E-state index in [0.29, 0.717) is 17.8 Å². The van der Waals surface area contributed by atoms with Crippen LogP contribution < -0.4 is 16.4 Å². The largest absolute Gasteiger partial charge is 0.326 e. The van der Waals surface area contributed by atoms with E-state index in [1.54, 1.807) is 12.1 Å². The number of hydrogen-bond donors (Lipinski definition) is 3. The van der Waals surface area contributed by atoms with Crippen LogP contribution in [0.3, 0.4) is 0 Å². The SMILES string of the molecule is CCCC(=O)Nc1cccc(NC(=O)C(N)c2ccc(C)cc2)c1C. The summed E-state index contributed by atoms with van der Waals surface area (Å²) >= 11 is 0. The van der Waals surface area contributed by atoms with Crippen molar-refractivity contribution in [2.75, 3.05) is 10.6 Å². The molecule has 5 heteroatoms. The van der Waals surface area contributed by atoms with Crippen molar-refractivity contribution in [1.82, 2.24) is 0 Å². The van der Waals surface area contributed by atoms with Crippen molar-refractivity contribution >= 4 is 23.2 Å². The van der Waals surface area contributed by atoms with Crippen molar-refractivity contribution in [3.63, 3.8) is 0 Å². The van der Waals surface area contributed by atoms with Gasteiger partial charge in [-0.05, 0) is 43.5 Å². The van der Waals surface area contributed by atoms with E-state index in [0.717, 1.165) is 23.1 Å². The highest BCUT2D eigenvalue weighted by molar-refractivity contribution is 5.98. The lowest BCUT2D eigenvalue weighted by molar-refractivity contribution is -0.117. The Bertz CT molecular complexity index is 754. The van der Waals surface area contributed by atoms with E-state index in [9.17, 15) is 9.59 Å². The van der Waals surface area contributed by atoms with Crippen molar-refractivity contribution < 1.29 is 9.59 Å². The van der Waals surface area contributed by atoms with Crippen LogP contribution in [0.1, 0.15) is 42.5 Å². The molecule has 0 spiro atoms. The molecule has 0 aliphatic heterocycles. The predicted octanol–water partition coefficient (Wildman–Crippen LogP) is 3.68. The van der Waals surface area contributed by atoms with Crippen LogP contribution in [0, 0.1) is 13.8 Å². The van der Waals surface area contributed by atoms with Gasteiger partial charge in [-0.3, -0.25) is 9.59 Å². The summed E-state index contributed by atoms with van der Waals surface area (Å²) in [5.74, 6) is -0.325. The third kappa shape index (κ3) is 4.90. The highest BCUT2D eigenvalue weighted by atomic mass is 16.2. The molecule has 2 aromatic rings. The molecule has 0 bridgehead atoms. The zero-order valence-corrected chi connectivity index (χ0v) is 14.9. The van der Waals surface area contributed by atoms with E-state index >= 15 is 0 Å². The zero-order chi connectivity index (χ0) is 18.4. The molecule has 5 nitrogen and oxygen atoms in total. The second-order valence-corrected chi connectivity index (χ2v) is 6.15. The number of carbonyl (C=O) groups excluding carboxylic acids is 2. The van der Waals surface area contributed by atoms with Crippen LogP contribution in [0.5, 0.6) is 0 Å². The smallest absolute Gasteiger partial charge is 0.245 e. The Labute approximate surface area is 148 Å². The fourth-order valence-corrected chi connectivity index (χ4v) is 2.48. The third-order valence-electron chi connectivity index (χ3n) is 4.06. The standard InChI is InChI=1S/C20H25N3O2/c1-4-6-18(24)22-16-7-5-8-17(14(16)3)23-20(25)19(21)15-11-9-13(2)10-12-15/h5,7-12,19H,4,6,21H2,1-3H3,(H,22,24)(H,23,25). The van der Waals surface area contributed by atoms with Gasteiger partial charge in [-0.25, -0.2) is 0 Å². The number of nitrogens with one attached hydrogen (secondary N) is 2. The van der Waals surface area contributed by atoms with Crippen molar-refractivity contribution in [3.8, 4) is 0 Å². The Morgan fingerprint density at radius 3 is 2.20 bits per heavy atom. The molecule has 4 N–H and O–H groups in total. The molecule has 2 amide bonds. The van der Waals surface area contributed by atoms with Gasteiger partial charge in [-0.2, -0.15) is 0 Å². The third-order valence-corrected chi connectivity index (χ3v) is 4.06. The Balaban J connectivity index is 2.12. The molecule has 1 unspecified atom stereocenters. The molecule has 2 aromatic carbocycles. The van der Waals surface area contributed by atoms with Crippen molar-refractivity contribution in [3.05, 3.63) is 59.2 Å². The molecule has 0 fully saturated rings. The normalized spacial score (nSPS) is 11.7. The fourth-order valence-electron chi connectivity index (χ4n) is 2.48. The van der Waals surface area contributed by atoms with Crippen molar-refractivity contribution in [2.24, 2.45) is 5.73 Å². The van der Waals surface area contributed by atoms with Gasteiger partial charge in [0.2, 0.25) is 11.8 Å². The van der Waals surface area contributed by atoms with Crippen LogP contribution in [-0.2, 0) is 9.59 Å². The van der Waals surface area contributed by atoms with E-state index in [4.69, 9.17) is 5.73 Å². The van der Waals surface area contributed by atoms with Gasteiger partial charge < -0.3 is 16.4 Å². The molecule has 1 atom stereocenters. The van der Waals surface area contributed by atoms with Gasteiger partial charge in [-0.1, -0.05) is 42.8 Å². The van der Waals surface area contributed by atoms with Gasteiger partial charge in [0.25, 0.3) is 0 Å². The molecule has 0 radical (unpaired) electrons. The molecular formula is C20H25N3O2. The molecule has 0 aliphatic rings. The highest BCUT2D eigenvalue weighted by Crippen LogP contribution is 2.24. The summed E-state index contributed by atoms with van der Waals surface area (Å²) in [5, 5.41) is 5.72. The van der Waals surface area contributed by atoms with E-state index in [-0.39, 0.29) is 11.8 Å². The number of benzene rings is 2. The number of amides is 2. The maximum Gasteiger partial charge on any atom is 0.245 e. The van der Waals surface area contributed by atoms with E-state index in [1.807, 2.05) is 51.1 Å². The molecule has 0 saturated heterocycles. The van der Waals surface area contributed by atoms with Crippen LogP contribution in [0.2, 0.25) is 0 Å². The highest BCUT2D eigenvalue weighted by Gasteiger charge is 2.17. The van der Waals surface area contributed by atoms with Gasteiger partial charge in [0.05, 0.1) is 0 Å². The molecule has 0 aromatic heterocycles. The maximum absolute atomic E-state index is 12.5. The summed E-state index contributed by atoms with van der Waals surface area (Å²) < 4.78 is 0. The Kier molecular flexibility index (Phi) is 6.31. The number of rotatable bonds is 6. The van der Waals surface area contributed by atoms with E-state index < -0.39 is 6.04 Å². The molecule has 2 rings (SSSR count). The van der Waals surface area contributed by atoms with Crippen LogP contribution in [0.4, 0.5) is 11.4 Å². The lowest BCUT2D eigenvalue weighted by Crippen LogP contribution is -2.28. The molecule has 0 saturated carbocycles. The Hall–Kier alpha value is -2.66. The summed E-state index contributed by atoms with van der Waals surface area (Å²) in [6.45, 7) is 5.79. The number of carbonyl (C=O) groups is 2. The summed E-state index contributed by atoms with van der Waals surface area (Å²) in [6, 6.07) is 12.2. The quantitative estimate of drug-likeness (QED) is 0.750. The molecule has 0 heterocycles. The lowest BCUT2D eigenvalue weighted by atomic mass is 10.0. The Morgan fingerprint density at radius 1 is 1.00 bits per heavy atom. The fraction of sp³-hybridized carbons (Fsp3) is 0.300. The van der Waals surface area contributed by atoms with E-state index in [1.165, 1.54) is 0 Å². The van der Waals surface area contributed by atoms with Crippen molar-refractivity contribution in [2.45, 2.75) is 39.7 Å². The summed E-state index contributed by atoms with van der Waals surface area (Å²) in [4.78, 5) is 24.3. The van der Waals surface area contributed by atoms with Gasteiger partial charge in [0.1, 0.15) is 6.04 Å². The summed E-state index contributed by atoms with van der Waals surface area (Å²) in [7, 11) is 0. The zero-order valence-electron chi connectivity index (χ0n) is 14.9. The first-order chi connectivity index (χ1) is 11.9. The second-order valence-electron chi connectivity index (χ2n) is 6.15. The second kappa shape index (κ2) is 8.44. The number of anilines is 2. The number of aryl methyl sites for hydroxylation is 1. The predicted molar refractivity (Wildman–Crippen MR) is 101 cm³/mol. The van der Waals surface area contributed by atoms with Gasteiger partial charge in [0.15, 0.2) is 0 Å². The number of hydrogen-bond acceptors (Lipinski definition) is 3. The average Bonchev–Trinajstić information content (AvgIpc) is 2.58. The lowest BCUT2D eigenvalue weighted by Gasteiger charge is -2.16. The topological polar surface area (TPSA) is 84.2 Å². The first-order valence-corrected chi connectivity index (χ1v) is 8.44. The van der Waals surface area contributed by atoms with Crippen LogP contribution in [0.25, 0.3) is 0 Å². The molecule has 132 valence electrons. The molecule has 25 heavy (non-hydrogen) atoms. The monoisotopic (exact) mass is 339 g/mol. The van der Waals surface area contributed by atoms with Crippen molar-refractivity contribution in [1.29, 1.82) is 0 Å². The van der Waals surface area contributed by atoms with Gasteiger partial charge in [-0.15, -0.1) is 0 Å². The first-order valence-electron chi connectivity index (χ1n) is 8.44. The average molecular weight is 339 g/mol. The minimum absolute atomic E-state index is 0.0366. The van der Waals surface area contributed by atoms with Crippen LogP contribution >= 0.6 is 0 Å². The maximum atomic E-state index is 12.5. The summed E-state index contributed by atoms with van der Waals surface area (Å²) in [6.07, 6.45) is 1.25. The molecule has 0 aliphatic carbocycles. The van der Waals surface area contributed by atoms with Crippen LogP contribution in [-0.4, -0.2) is 11.8 Å². The summed E-state index contributed by atoms with van der Waals surface area (Å²) in [5.41, 5.74) is 10.1. The van der Waals surface area contributed by atoms with Gasteiger partial charge >= 0.3 is 0 Å². The number of nitrogens with two attached hydrogens (primary N) is 1. The van der Waals surface area contributed by atoms with Gasteiger partial charge in [0, 0.05) is 17.8 Å². The minimum atomic E-state index is -0.752. The Morgan fingerprint density at radius 2 is 1.60 bits per heavy atom. The van der Waals surface area contributed by atoms with E-state index in [2.05, 4.69) is 10.6 Å². The first kappa shape index (κ1) is 18.7. The minimum Gasteiger partial charge on any atom is -0.326 e.